The molecule has 1 saturated heterocycles. The van der Waals surface area contributed by atoms with Gasteiger partial charge in [-0.1, -0.05) is 28.1 Å². The number of hydrogen-bond acceptors (Lipinski definition) is 3. The summed E-state index contributed by atoms with van der Waals surface area (Å²) in [5.74, 6) is 1.08. The van der Waals surface area contributed by atoms with Crippen LogP contribution in [-0.2, 0) is 16.4 Å². The number of hydrogen-bond donors (Lipinski definition) is 2. The Bertz CT molecular complexity index is 584. The lowest BCUT2D eigenvalue weighted by molar-refractivity contribution is 0.599. The summed E-state index contributed by atoms with van der Waals surface area (Å²) >= 11 is 3.39. The first-order chi connectivity index (χ1) is 9.48. The lowest BCUT2D eigenvalue weighted by Gasteiger charge is -2.16. The molecule has 0 aliphatic carbocycles. The molecule has 1 aliphatic rings. The van der Waals surface area contributed by atoms with Gasteiger partial charge in [0.05, 0.1) is 11.5 Å². The van der Waals surface area contributed by atoms with Crippen molar-refractivity contribution in [2.75, 3.05) is 18.6 Å². The van der Waals surface area contributed by atoms with Crippen molar-refractivity contribution in [3.05, 3.63) is 34.3 Å². The van der Waals surface area contributed by atoms with Crippen molar-refractivity contribution in [1.82, 2.24) is 10.6 Å². The van der Waals surface area contributed by atoms with Gasteiger partial charge in [-0.05, 0) is 24.1 Å². The monoisotopic (exact) mass is 359 g/mol. The van der Waals surface area contributed by atoms with Gasteiger partial charge in [-0.15, -0.1) is 0 Å². The number of nitrogens with one attached hydrogen (secondary N) is 2. The Balaban J connectivity index is 1.86. The van der Waals surface area contributed by atoms with Gasteiger partial charge < -0.3 is 10.6 Å². The minimum absolute atomic E-state index is 0.0453. The van der Waals surface area contributed by atoms with Gasteiger partial charge in [-0.3, -0.25) is 4.99 Å². The molecule has 5 nitrogen and oxygen atoms in total. The summed E-state index contributed by atoms with van der Waals surface area (Å²) in [7, 11) is -1.19. The largest absolute Gasteiger partial charge is 0.353 e. The van der Waals surface area contributed by atoms with Crippen LogP contribution in [0.3, 0.4) is 0 Å². The molecule has 0 radical (unpaired) electrons. The highest BCUT2D eigenvalue weighted by atomic mass is 79.9. The van der Waals surface area contributed by atoms with Gasteiger partial charge in [0.2, 0.25) is 0 Å². The summed E-state index contributed by atoms with van der Waals surface area (Å²) in [6, 6.07) is 7.96. The first-order valence-electron chi connectivity index (χ1n) is 6.40. The van der Waals surface area contributed by atoms with Crippen LogP contribution in [0.25, 0.3) is 0 Å². The molecule has 1 aliphatic heterocycles. The highest BCUT2D eigenvalue weighted by molar-refractivity contribution is 9.10. The molecule has 0 amide bonds. The number of nitrogens with zero attached hydrogens (tertiary/aromatic N) is 1. The fourth-order valence-electron chi connectivity index (χ4n) is 2.08. The molecule has 0 aromatic heterocycles. The fraction of sp³-hybridized carbons (Fsp3) is 0.462. The molecule has 110 valence electrons. The van der Waals surface area contributed by atoms with Crippen molar-refractivity contribution in [2.45, 2.75) is 19.0 Å². The Morgan fingerprint density at radius 2 is 2.10 bits per heavy atom. The average Bonchev–Trinajstić information content (AvgIpc) is 2.75. The van der Waals surface area contributed by atoms with E-state index in [0.717, 1.165) is 10.0 Å². The molecular weight excluding hydrogens is 342 g/mol. The number of sulfone groups is 1. The van der Waals surface area contributed by atoms with E-state index in [2.05, 4.69) is 31.6 Å². The van der Waals surface area contributed by atoms with Crippen LogP contribution in [0.4, 0.5) is 0 Å². The number of rotatable bonds is 3. The number of benzene rings is 1. The number of aliphatic imine (C=N–C) groups is 1. The Morgan fingerprint density at radius 1 is 1.40 bits per heavy atom. The molecule has 20 heavy (non-hydrogen) atoms. The molecule has 1 atom stereocenters. The Kier molecular flexibility index (Phi) is 5.04. The molecular formula is C13H18BrN3O2S. The maximum absolute atomic E-state index is 11.4. The van der Waals surface area contributed by atoms with Crippen molar-refractivity contribution in [3.8, 4) is 0 Å². The van der Waals surface area contributed by atoms with Gasteiger partial charge >= 0.3 is 0 Å². The van der Waals surface area contributed by atoms with Gasteiger partial charge in [0, 0.05) is 24.1 Å². The third kappa shape index (κ3) is 4.49. The van der Waals surface area contributed by atoms with E-state index in [1.54, 1.807) is 7.05 Å². The van der Waals surface area contributed by atoms with Crippen LogP contribution in [0.15, 0.2) is 33.7 Å². The molecule has 2 rings (SSSR count). The minimum atomic E-state index is -2.87. The standard InChI is InChI=1S/C13H18BrN3O2S/c1-15-13(17-12-6-7-20(18,19)9-12)16-8-10-2-4-11(14)5-3-10/h2-5,12H,6-9H2,1H3,(H2,15,16,17). The third-order valence-electron chi connectivity index (χ3n) is 3.17. The zero-order valence-electron chi connectivity index (χ0n) is 11.3. The predicted octanol–water partition coefficient (Wildman–Crippen LogP) is 1.30. The lowest BCUT2D eigenvalue weighted by atomic mass is 10.2. The molecule has 0 spiro atoms. The summed E-state index contributed by atoms with van der Waals surface area (Å²) in [6.07, 6.45) is 0.640. The van der Waals surface area contributed by atoms with E-state index in [4.69, 9.17) is 0 Å². The second kappa shape index (κ2) is 6.58. The summed E-state index contributed by atoms with van der Waals surface area (Å²) < 4.78 is 23.9. The van der Waals surface area contributed by atoms with Crippen LogP contribution in [0, 0.1) is 0 Å². The van der Waals surface area contributed by atoms with Crippen LogP contribution >= 0.6 is 15.9 Å². The van der Waals surface area contributed by atoms with Crippen LogP contribution in [0.5, 0.6) is 0 Å². The zero-order valence-corrected chi connectivity index (χ0v) is 13.7. The fourth-order valence-corrected chi connectivity index (χ4v) is 4.02. The molecule has 1 unspecified atom stereocenters. The van der Waals surface area contributed by atoms with Gasteiger partial charge in [0.15, 0.2) is 15.8 Å². The molecule has 7 heteroatoms. The molecule has 1 aromatic carbocycles. The maximum Gasteiger partial charge on any atom is 0.191 e. The summed E-state index contributed by atoms with van der Waals surface area (Å²) in [6.45, 7) is 0.645. The van der Waals surface area contributed by atoms with E-state index >= 15 is 0 Å². The number of guanidine groups is 1. The molecule has 1 heterocycles. The van der Waals surface area contributed by atoms with Crippen molar-refractivity contribution >= 4 is 31.7 Å². The smallest absolute Gasteiger partial charge is 0.191 e. The summed E-state index contributed by atoms with van der Waals surface area (Å²) in [5, 5.41) is 6.34. The van der Waals surface area contributed by atoms with E-state index in [9.17, 15) is 8.42 Å². The molecule has 0 saturated carbocycles. The number of halogens is 1. The van der Waals surface area contributed by atoms with Crippen LogP contribution in [-0.4, -0.2) is 39.0 Å². The van der Waals surface area contributed by atoms with E-state index in [1.165, 1.54) is 0 Å². The minimum Gasteiger partial charge on any atom is -0.353 e. The van der Waals surface area contributed by atoms with Crippen molar-refractivity contribution in [3.63, 3.8) is 0 Å². The SMILES string of the molecule is CN=C(NCc1ccc(Br)cc1)NC1CCS(=O)(=O)C1. The second-order valence-corrected chi connectivity index (χ2v) is 7.94. The Morgan fingerprint density at radius 3 is 2.65 bits per heavy atom. The quantitative estimate of drug-likeness (QED) is 0.630. The third-order valence-corrected chi connectivity index (χ3v) is 5.47. The summed E-state index contributed by atoms with van der Waals surface area (Å²) in [4.78, 5) is 4.12. The van der Waals surface area contributed by atoms with Crippen LogP contribution in [0.1, 0.15) is 12.0 Å². The normalized spacial score (nSPS) is 21.7. The first-order valence-corrected chi connectivity index (χ1v) is 9.02. The molecule has 0 bridgehead atoms. The molecule has 1 aromatic rings. The van der Waals surface area contributed by atoms with Crippen molar-refractivity contribution < 1.29 is 8.42 Å². The van der Waals surface area contributed by atoms with E-state index in [0.29, 0.717) is 18.9 Å². The van der Waals surface area contributed by atoms with E-state index in [-0.39, 0.29) is 17.5 Å². The van der Waals surface area contributed by atoms with Gasteiger partial charge in [-0.25, -0.2) is 8.42 Å². The van der Waals surface area contributed by atoms with Gasteiger partial charge in [-0.2, -0.15) is 0 Å². The van der Waals surface area contributed by atoms with Crippen LogP contribution < -0.4 is 10.6 Å². The Labute approximate surface area is 127 Å². The van der Waals surface area contributed by atoms with E-state index in [1.807, 2.05) is 24.3 Å². The predicted molar refractivity (Wildman–Crippen MR) is 84.5 cm³/mol. The lowest BCUT2D eigenvalue weighted by Crippen LogP contribution is -2.43. The van der Waals surface area contributed by atoms with Gasteiger partial charge in [0.1, 0.15) is 0 Å². The highest BCUT2D eigenvalue weighted by Crippen LogP contribution is 2.12. The van der Waals surface area contributed by atoms with Crippen molar-refractivity contribution in [1.29, 1.82) is 0 Å². The summed E-state index contributed by atoms with van der Waals surface area (Å²) in [5.41, 5.74) is 1.13. The van der Waals surface area contributed by atoms with Crippen LogP contribution in [0.2, 0.25) is 0 Å². The van der Waals surface area contributed by atoms with E-state index < -0.39 is 9.84 Å². The van der Waals surface area contributed by atoms with Crippen molar-refractivity contribution in [2.24, 2.45) is 4.99 Å². The average molecular weight is 360 g/mol. The first kappa shape index (κ1) is 15.3. The maximum atomic E-state index is 11.4. The molecule has 1 fully saturated rings. The Hall–Kier alpha value is -1.08. The topological polar surface area (TPSA) is 70.6 Å². The van der Waals surface area contributed by atoms with Gasteiger partial charge in [0.25, 0.3) is 0 Å². The molecule has 2 N–H and O–H groups in total. The zero-order chi connectivity index (χ0) is 14.6. The highest BCUT2D eigenvalue weighted by Gasteiger charge is 2.28. The second-order valence-electron chi connectivity index (χ2n) is 4.80.